The van der Waals surface area contributed by atoms with Crippen LogP contribution in [0.15, 0.2) is 35.6 Å². The number of Topliss-reactive ketones (excluding diaryl/α,β-unsaturated/α-hetero) is 2. The molecule has 6 rings (SSSR count). The molecule has 232 valence electrons. The second-order valence-corrected chi connectivity index (χ2v) is 11.8. The van der Waals surface area contributed by atoms with Gasteiger partial charge in [-0.05, 0) is 48.9 Å². The number of ether oxygens (including phenoxy) is 2. The van der Waals surface area contributed by atoms with Crippen LogP contribution >= 0.6 is 0 Å². The van der Waals surface area contributed by atoms with E-state index >= 15 is 0 Å². The van der Waals surface area contributed by atoms with Gasteiger partial charge in [-0.25, -0.2) is 4.79 Å². The number of benzene rings is 2. The fraction of sp³-hybridized carbons (Fsp3) is 0.400. The van der Waals surface area contributed by atoms with Crippen molar-refractivity contribution < 1.29 is 49.1 Å². The summed E-state index contributed by atoms with van der Waals surface area (Å²) in [4.78, 5) is 53.6. The van der Waals surface area contributed by atoms with Crippen LogP contribution in [-0.2, 0) is 22.6 Å². The van der Waals surface area contributed by atoms with Gasteiger partial charge in [0, 0.05) is 55.1 Å². The number of aromatic hydroxyl groups is 1. The third-order valence-corrected chi connectivity index (χ3v) is 9.00. The lowest BCUT2D eigenvalue weighted by Crippen LogP contribution is -2.63. The van der Waals surface area contributed by atoms with Gasteiger partial charge in [-0.1, -0.05) is 0 Å². The van der Waals surface area contributed by atoms with Crippen molar-refractivity contribution in [3.8, 4) is 17.2 Å². The number of rotatable bonds is 5. The molecule has 14 nitrogen and oxygen atoms in total. The number of aliphatic hydroxyl groups is 3. The maximum Gasteiger partial charge on any atom is 0.319 e. The first kappa shape index (κ1) is 29.3. The van der Waals surface area contributed by atoms with E-state index in [0.29, 0.717) is 28.4 Å². The summed E-state index contributed by atoms with van der Waals surface area (Å²) < 4.78 is 10.6. The number of aliphatic hydroxyl groups excluding tert-OH is 2. The number of nitrogens with two attached hydrogens (primary N) is 1. The van der Waals surface area contributed by atoms with E-state index < -0.39 is 64.5 Å². The highest BCUT2D eigenvalue weighted by Gasteiger charge is 2.62. The zero-order chi connectivity index (χ0) is 31.7. The third kappa shape index (κ3) is 4.40. The molecule has 0 saturated heterocycles. The van der Waals surface area contributed by atoms with E-state index in [-0.39, 0.29) is 49.3 Å². The normalized spacial score (nSPS) is 26.8. The number of primary amides is 1. The Balaban J connectivity index is 1.32. The molecule has 1 heterocycles. The van der Waals surface area contributed by atoms with Gasteiger partial charge >= 0.3 is 6.03 Å². The number of hydrogen-bond acceptors (Lipinski definition) is 11. The number of anilines is 2. The Hall–Kier alpha value is -4.82. The number of nitrogens with one attached hydrogen (secondary N) is 2. The molecular formula is C30H32N4O10. The topological polar surface area (TPSA) is 221 Å². The molecule has 4 aliphatic rings. The molecule has 1 saturated carbocycles. The van der Waals surface area contributed by atoms with Crippen molar-refractivity contribution >= 4 is 34.9 Å². The van der Waals surface area contributed by atoms with Gasteiger partial charge < -0.3 is 51.2 Å². The first-order valence-corrected chi connectivity index (χ1v) is 14.0. The molecule has 2 aromatic rings. The lowest BCUT2D eigenvalue weighted by Gasteiger charge is -2.48. The van der Waals surface area contributed by atoms with Gasteiger partial charge in [0.05, 0.1) is 11.7 Å². The van der Waals surface area contributed by atoms with Crippen molar-refractivity contribution in [3.05, 3.63) is 52.3 Å². The van der Waals surface area contributed by atoms with Crippen LogP contribution in [0.1, 0.15) is 34.3 Å². The minimum Gasteiger partial charge on any atom is -0.508 e. The van der Waals surface area contributed by atoms with Crippen molar-refractivity contribution in [1.82, 2.24) is 5.32 Å². The quantitative estimate of drug-likeness (QED) is 0.236. The standard InChI is InChI=1S/C30H32N4O10/c1-34(2)17-7-13(10-32-29(41)33-15-3-4-19-20(9-15)44-11-43-19)24(36)22-16(17)6-12-5-14-8-18(35)23(28(31)40)27(39)30(14,42)26(38)21(12)25(22)37/h3-4,7,9,12,14,18,23,35-36,38,42H,5-6,8,10-11H2,1-2H3,(H2,31,40)(H2,32,33,41)/t12-,14+,18?,23?,30+/m1/s1. The summed E-state index contributed by atoms with van der Waals surface area (Å²) in [6.07, 6.45) is -1.39. The van der Waals surface area contributed by atoms with E-state index in [2.05, 4.69) is 10.6 Å². The van der Waals surface area contributed by atoms with Gasteiger partial charge in [0.1, 0.15) is 17.4 Å². The van der Waals surface area contributed by atoms with Crippen LogP contribution in [0.2, 0.25) is 0 Å². The number of allylic oxidation sites excluding steroid dienone is 1. The van der Waals surface area contributed by atoms with E-state index in [1.807, 2.05) is 0 Å². The summed E-state index contributed by atoms with van der Waals surface area (Å²) in [7, 11) is 3.51. The number of nitrogens with zero attached hydrogens (tertiary/aromatic N) is 1. The average molecular weight is 609 g/mol. The summed E-state index contributed by atoms with van der Waals surface area (Å²) in [5.74, 6) is -6.75. The van der Waals surface area contributed by atoms with Crippen LogP contribution in [0.5, 0.6) is 17.2 Å². The van der Waals surface area contributed by atoms with E-state index in [1.54, 1.807) is 43.3 Å². The maximum atomic E-state index is 14.0. The molecule has 0 aromatic heterocycles. The minimum absolute atomic E-state index is 0.0618. The van der Waals surface area contributed by atoms with E-state index in [1.165, 1.54) is 0 Å². The summed E-state index contributed by atoms with van der Waals surface area (Å²) in [6.45, 7) is -0.0983. The molecule has 44 heavy (non-hydrogen) atoms. The molecule has 2 aromatic carbocycles. The lowest BCUT2D eigenvalue weighted by molar-refractivity contribution is -0.167. The minimum atomic E-state index is -2.59. The third-order valence-electron chi connectivity index (χ3n) is 9.00. The largest absolute Gasteiger partial charge is 0.508 e. The van der Waals surface area contributed by atoms with Crippen molar-refractivity contribution in [1.29, 1.82) is 0 Å². The number of carbonyl (C=O) groups is 4. The Morgan fingerprint density at radius 3 is 2.55 bits per heavy atom. The zero-order valence-corrected chi connectivity index (χ0v) is 23.9. The molecule has 8 N–H and O–H groups in total. The van der Waals surface area contributed by atoms with Crippen molar-refractivity contribution in [2.45, 2.75) is 37.5 Å². The van der Waals surface area contributed by atoms with Gasteiger partial charge in [0.15, 0.2) is 28.7 Å². The predicted molar refractivity (Wildman–Crippen MR) is 153 cm³/mol. The van der Waals surface area contributed by atoms with Crippen LogP contribution < -0.4 is 30.7 Å². The number of hydrogen-bond donors (Lipinski definition) is 7. The molecule has 14 heteroatoms. The number of phenols is 1. The Labute approximate surface area is 251 Å². The van der Waals surface area contributed by atoms with Crippen molar-refractivity contribution in [3.63, 3.8) is 0 Å². The molecule has 3 aliphatic carbocycles. The molecule has 1 fully saturated rings. The fourth-order valence-electron chi connectivity index (χ4n) is 6.89. The van der Waals surface area contributed by atoms with Crippen molar-refractivity contribution in [2.24, 2.45) is 23.5 Å². The van der Waals surface area contributed by atoms with Gasteiger partial charge in [-0.3, -0.25) is 14.4 Å². The molecule has 1 aliphatic heterocycles. The Morgan fingerprint density at radius 2 is 1.84 bits per heavy atom. The maximum absolute atomic E-state index is 14.0. The summed E-state index contributed by atoms with van der Waals surface area (Å²) in [5, 5.41) is 49.9. The molecule has 2 unspecified atom stereocenters. The monoisotopic (exact) mass is 608 g/mol. The average Bonchev–Trinajstić information content (AvgIpc) is 3.42. The van der Waals surface area contributed by atoms with Gasteiger partial charge in [0.25, 0.3) is 0 Å². The van der Waals surface area contributed by atoms with Crippen LogP contribution in [0, 0.1) is 17.8 Å². The highest BCUT2D eigenvalue weighted by atomic mass is 16.7. The van der Waals surface area contributed by atoms with E-state index in [4.69, 9.17) is 15.2 Å². The first-order valence-electron chi connectivity index (χ1n) is 14.0. The molecular weight excluding hydrogens is 576 g/mol. The molecule has 5 atom stereocenters. The SMILES string of the molecule is CN(C)c1cc(CNC(=O)Nc2ccc3c(c2)OCO3)c(O)c2c1C[C@H]1C[C@H]3CC(O)C(C(N)=O)C(=O)[C@@]3(O)C(O)=C1C2=O. The summed E-state index contributed by atoms with van der Waals surface area (Å²) in [5.41, 5.74) is 4.09. The second kappa shape index (κ2) is 10.4. The number of carbonyl (C=O) groups excluding carboxylic acids is 4. The van der Waals surface area contributed by atoms with Gasteiger partial charge in [-0.2, -0.15) is 0 Å². The van der Waals surface area contributed by atoms with Crippen LogP contribution in [0.4, 0.5) is 16.2 Å². The number of urea groups is 1. The van der Waals surface area contributed by atoms with E-state index in [9.17, 15) is 39.6 Å². The molecule has 3 amide bonds. The Morgan fingerprint density at radius 1 is 1.11 bits per heavy atom. The van der Waals surface area contributed by atoms with Crippen LogP contribution in [0.3, 0.4) is 0 Å². The van der Waals surface area contributed by atoms with Gasteiger partial charge in [-0.15, -0.1) is 0 Å². The summed E-state index contributed by atoms with van der Waals surface area (Å²) in [6, 6.07) is 5.95. The second-order valence-electron chi connectivity index (χ2n) is 11.8. The Kier molecular flexibility index (Phi) is 6.93. The highest BCUT2D eigenvalue weighted by molar-refractivity contribution is 6.16. The lowest BCUT2D eigenvalue weighted by atomic mass is 9.57. The fourth-order valence-corrected chi connectivity index (χ4v) is 6.89. The highest BCUT2D eigenvalue weighted by Crippen LogP contribution is 2.53. The number of fused-ring (bicyclic) bond motifs is 4. The van der Waals surface area contributed by atoms with E-state index in [0.717, 1.165) is 0 Å². The molecule has 0 bridgehead atoms. The number of ketones is 2. The van der Waals surface area contributed by atoms with Crippen LogP contribution in [-0.4, -0.2) is 76.5 Å². The number of phenolic OH excluding ortho intramolecular Hbond substituents is 1. The zero-order valence-electron chi connectivity index (χ0n) is 23.9. The Bertz CT molecular complexity index is 1650. The molecule has 0 radical (unpaired) electrons. The van der Waals surface area contributed by atoms with Crippen LogP contribution in [0.25, 0.3) is 0 Å². The van der Waals surface area contributed by atoms with Gasteiger partial charge in [0.2, 0.25) is 12.7 Å². The van der Waals surface area contributed by atoms with Crippen molar-refractivity contribution in [2.75, 3.05) is 31.1 Å². The summed E-state index contributed by atoms with van der Waals surface area (Å²) >= 11 is 0. The number of amides is 3. The predicted octanol–water partition coefficient (Wildman–Crippen LogP) is 0.862. The first-order chi connectivity index (χ1) is 20.8. The molecule has 0 spiro atoms. The smallest absolute Gasteiger partial charge is 0.319 e.